The molecule has 45 heavy (non-hydrogen) atoms. The molecule has 0 bridgehead atoms. The van der Waals surface area contributed by atoms with Crippen LogP contribution in [0.3, 0.4) is 0 Å². The molecule has 2 aliphatic carbocycles. The summed E-state index contributed by atoms with van der Waals surface area (Å²) >= 11 is 0. The molecule has 3 aromatic heterocycles. The molecular formula is C42H30N2O. The number of hydrogen-bond donors (Lipinski definition) is 0. The molecule has 0 amide bonds. The fraction of sp³-hybridized carbons (Fsp3) is 0.0952. The first kappa shape index (κ1) is 24.9. The number of fused-ring (bicyclic) bond motifs is 9. The first-order valence-corrected chi connectivity index (χ1v) is 16.0. The van der Waals surface area contributed by atoms with Crippen LogP contribution in [0.2, 0.25) is 0 Å². The fourth-order valence-corrected chi connectivity index (χ4v) is 7.88. The van der Waals surface area contributed by atoms with Crippen LogP contribution in [-0.4, -0.2) is 9.13 Å². The van der Waals surface area contributed by atoms with E-state index in [0.717, 1.165) is 36.8 Å². The van der Waals surface area contributed by atoms with E-state index in [1.165, 1.54) is 77.3 Å². The number of allylic oxidation sites excluding steroid dienone is 5. The highest BCUT2D eigenvalue weighted by Crippen LogP contribution is 2.43. The highest BCUT2D eigenvalue weighted by atomic mass is 16.3. The van der Waals surface area contributed by atoms with Gasteiger partial charge in [-0.25, -0.2) is 0 Å². The van der Waals surface area contributed by atoms with Crippen molar-refractivity contribution < 1.29 is 4.42 Å². The van der Waals surface area contributed by atoms with Gasteiger partial charge in [-0.1, -0.05) is 84.9 Å². The SMILES string of the molecule is C1=Cc2c(c3cc4c(cc3n2C2=CCCC(c3cccc5c3oc3ccccc35)=C2)c2ccccc2n4-c2ccccc2)CC1. The first-order valence-electron chi connectivity index (χ1n) is 16.0. The summed E-state index contributed by atoms with van der Waals surface area (Å²) < 4.78 is 11.4. The summed E-state index contributed by atoms with van der Waals surface area (Å²) in [5.41, 5.74) is 13.4. The molecule has 10 rings (SSSR count). The van der Waals surface area contributed by atoms with Gasteiger partial charge in [-0.2, -0.15) is 0 Å². The van der Waals surface area contributed by atoms with Gasteiger partial charge in [0.2, 0.25) is 0 Å². The largest absolute Gasteiger partial charge is 0.455 e. The Labute approximate surface area is 260 Å². The number of hydrogen-bond acceptors (Lipinski definition) is 1. The molecule has 0 spiro atoms. The van der Waals surface area contributed by atoms with Crippen molar-refractivity contribution in [1.82, 2.24) is 9.13 Å². The lowest BCUT2D eigenvalue weighted by Gasteiger charge is -2.19. The molecule has 214 valence electrons. The Kier molecular flexibility index (Phi) is 5.23. The zero-order chi connectivity index (χ0) is 29.5. The highest BCUT2D eigenvalue weighted by molar-refractivity contribution is 6.15. The van der Waals surface area contributed by atoms with Crippen LogP contribution in [0.5, 0.6) is 0 Å². The summed E-state index contributed by atoms with van der Waals surface area (Å²) in [5.74, 6) is 0. The minimum absolute atomic E-state index is 0.946. The maximum absolute atomic E-state index is 6.47. The lowest BCUT2D eigenvalue weighted by atomic mass is 9.94. The predicted octanol–water partition coefficient (Wildman–Crippen LogP) is 11.3. The molecule has 0 atom stereocenters. The minimum Gasteiger partial charge on any atom is -0.455 e. The molecule has 0 radical (unpaired) electrons. The van der Waals surface area contributed by atoms with Crippen LogP contribution in [-0.2, 0) is 6.42 Å². The lowest BCUT2D eigenvalue weighted by molar-refractivity contribution is 0.667. The first-order chi connectivity index (χ1) is 22.3. The average Bonchev–Trinajstić information content (AvgIpc) is 3.75. The Morgan fingerprint density at radius 3 is 2.29 bits per heavy atom. The van der Waals surface area contributed by atoms with E-state index in [2.05, 4.69) is 137 Å². The standard InChI is InChI=1S/C42H30N2O/c1-2-13-28(14-3-1)43-37-21-7-4-16-31(37)35-26-40-36(25-39(35)43)32-17-5-8-22-38(32)44(40)29-15-10-12-27(24-29)30-19-11-20-34-33-18-6-9-23-41(33)45-42(30)34/h1-4,6-9,11,13-16,18-26H,5,10,12,17H2. The molecule has 3 nitrogen and oxygen atoms in total. The molecule has 0 aliphatic heterocycles. The molecule has 5 aromatic carbocycles. The van der Waals surface area contributed by atoms with E-state index in [0.29, 0.717) is 0 Å². The molecule has 0 saturated heterocycles. The van der Waals surface area contributed by atoms with Gasteiger partial charge in [-0.15, -0.1) is 0 Å². The van der Waals surface area contributed by atoms with Crippen LogP contribution in [0.4, 0.5) is 0 Å². The van der Waals surface area contributed by atoms with Gasteiger partial charge in [0.1, 0.15) is 11.2 Å². The van der Waals surface area contributed by atoms with Gasteiger partial charge in [0.05, 0.1) is 16.6 Å². The normalized spacial score (nSPS) is 14.9. The van der Waals surface area contributed by atoms with Crippen molar-refractivity contribution in [2.45, 2.75) is 25.7 Å². The number of rotatable bonds is 3. The zero-order valence-electron chi connectivity index (χ0n) is 24.8. The van der Waals surface area contributed by atoms with Crippen molar-refractivity contribution in [2.24, 2.45) is 0 Å². The number of aryl methyl sites for hydroxylation is 1. The maximum atomic E-state index is 6.47. The van der Waals surface area contributed by atoms with Crippen LogP contribution < -0.4 is 0 Å². The van der Waals surface area contributed by atoms with E-state index in [4.69, 9.17) is 4.42 Å². The van der Waals surface area contributed by atoms with Crippen LogP contribution in [0.1, 0.15) is 36.1 Å². The number of benzene rings is 5. The smallest absolute Gasteiger partial charge is 0.142 e. The maximum Gasteiger partial charge on any atom is 0.142 e. The van der Waals surface area contributed by atoms with Gasteiger partial charge in [0.15, 0.2) is 0 Å². The molecular weight excluding hydrogens is 548 g/mol. The summed E-state index contributed by atoms with van der Waals surface area (Å²) in [6, 6.07) is 39.4. The zero-order valence-corrected chi connectivity index (χ0v) is 24.8. The van der Waals surface area contributed by atoms with Gasteiger partial charge >= 0.3 is 0 Å². The van der Waals surface area contributed by atoms with Crippen molar-refractivity contribution >= 4 is 72.0 Å². The second-order valence-corrected chi connectivity index (χ2v) is 12.3. The van der Waals surface area contributed by atoms with E-state index in [1.54, 1.807) is 0 Å². The Bertz CT molecular complexity index is 2580. The van der Waals surface area contributed by atoms with Gasteiger partial charge in [-0.3, -0.25) is 0 Å². The van der Waals surface area contributed by atoms with Crippen LogP contribution in [0.25, 0.3) is 77.7 Å². The highest BCUT2D eigenvalue weighted by Gasteiger charge is 2.24. The Hall–Kier alpha value is -5.54. The summed E-state index contributed by atoms with van der Waals surface area (Å²) in [6.45, 7) is 0. The number of furan rings is 1. The Morgan fingerprint density at radius 2 is 1.36 bits per heavy atom. The van der Waals surface area contributed by atoms with E-state index in [9.17, 15) is 0 Å². The third-order valence-corrected chi connectivity index (χ3v) is 9.85. The third kappa shape index (κ3) is 3.58. The van der Waals surface area contributed by atoms with E-state index in [1.807, 2.05) is 6.07 Å². The summed E-state index contributed by atoms with van der Waals surface area (Å²) in [6.07, 6.45) is 13.6. The molecule has 0 unspecified atom stereocenters. The second kappa shape index (κ2) is 9.48. The van der Waals surface area contributed by atoms with Crippen molar-refractivity contribution in [3.05, 3.63) is 144 Å². The summed E-state index contributed by atoms with van der Waals surface area (Å²) in [7, 11) is 0. The van der Waals surface area contributed by atoms with Crippen molar-refractivity contribution in [3.63, 3.8) is 0 Å². The molecule has 3 heterocycles. The van der Waals surface area contributed by atoms with Crippen LogP contribution >= 0.6 is 0 Å². The molecule has 2 aliphatic rings. The van der Waals surface area contributed by atoms with Crippen molar-refractivity contribution in [1.29, 1.82) is 0 Å². The van der Waals surface area contributed by atoms with E-state index >= 15 is 0 Å². The molecule has 0 N–H and O–H groups in total. The van der Waals surface area contributed by atoms with E-state index in [-0.39, 0.29) is 0 Å². The van der Waals surface area contributed by atoms with E-state index < -0.39 is 0 Å². The lowest BCUT2D eigenvalue weighted by Crippen LogP contribution is -2.04. The molecule has 0 fully saturated rings. The summed E-state index contributed by atoms with van der Waals surface area (Å²) in [4.78, 5) is 0. The molecule has 8 aromatic rings. The predicted molar refractivity (Wildman–Crippen MR) is 189 cm³/mol. The second-order valence-electron chi connectivity index (χ2n) is 12.3. The molecule has 0 saturated carbocycles. The van der Waals surface area contributed by atoms with Crippen LogP contribution in [0.15, 0.2) is 132 Å². The number of nitrogens with zero attached hydrogens (tertiary/aromatic N) is 2. The summed E-state index contributed by atoms with van der Waals surface area (Å²) in [5, 5.41) is 6.28. The average molecular weight is 579 g/mol. The Balaban J connectivity index is 1.22. The topological polar surface area (TPSA) is 23.0 Å². The van der Waals surface area contributed by atoms with Crippen molar-refractivity contribution in [3.8, 4) is 5.69 Å². The third-order valence-electron chi connectivity index (χ3n) is 9.85. The van der Waals surface area contributed by atoms with Gasteiger partial charge in [0.25, 0.3) is 0 Å². The minimum atomic E-state index is 0.946. The van der Waals surface area contributed by atoms with Crippen LogP contribution in [0, 0.1) is 0 Å². The number of para-hydroxylation sites is 4. The van der Waals surface area contributed by atoms with Gasteiger partial charge < -0.3 is 13.6 Å². The van der Waals surface area contributed by atoms with Crippen molar-refractivity contribution in [2.75, 3.05) is 0 Å². The fourth-order valence-electron chi connectivity index (χ4n) is 7.88. The Morgan fingerprint density at radius 1 is 0.578 bits per heavy atom. The molecule has 3 heteroatoms. The quantitative estimate of drug-likeness (QED) is 0.204. The van der Waals surface area contributed by atoms with Gasteiger partial charge in [0, 0.05) is 49.6 Å². The van der Waals surface area contributed by atoms with Gasteiger partial charge in [-0.05, 0) is 85.4 Å². The monoisotopic (exact) mass is 578 g/mol. The number of aromatic nitrogens is 2.